The van der Waals surface area contributed by atoms with E-state index in [1.165, 1.54) is 16.5 Å². The predicted molar refractivity (Wildman–Crippen MR) is 119 cm³/mol. The predicted octanol–water partition coefficient (Wildman–Crippen LogP) is 4.12. The fourth-order valence-corrected chi connectivity index (χ4v) is 4.94. The van der Waals surface area contributed by atoms with Crippen molar-refractivity contribution in [2.45, 2.75) is 37.3 Å². The van der Waals surface area contributed by atoms with E-state index < -0.39 is 0 Å². The Bertz CT molecular complexity index is 1130. The zero-order chi connectivity index (χ0) is 21.4. The molecule has 1 N–H and O–H groups in total. The van der Waals surface area contributed by atoms with E-state index in [0.717, 1.165) is 37.1 Å². The minimum Gasteiger partial charge on any atom is -0.493 e. The molecule has 0 unspecified atom stereocenters. The third-order valence-electron chi connectivity index (χ3n) is 6.53. The quantitative estimate of drug-likeness (QED) is 0.676. The summed E-state index contributed by atoms with van der Waals surface area (Å²) < 4.78 is 19.6. The molecular weight excluding hydrogens is 390 g/mol. The van der Waals surface area contributed by atoms with Crippen LogP contribution in [0.2, 0.25) is 0 Å². The lowest BCUT2D eigenvalue weighted by molar-refractivity contribution is 0.0844. The molecule has 0 bridgehead atoms. The number of aromatic nitrogens is 1. The Kier molecular flexibility index (Phi) is 5.21. The zero-order valence-corrected chi connectivity index (χ0v) is 17.9. The topological polar surface area (TPSA) is 68.4 Å². The van der Waals surface area contributed by atoms with E-state index in [1.807, 2.05) is 30.3 Å². The largest absolute Gasteiger partial charge is 0.493 e. The van der Waals surface area contributed by atoms with Crippen molar-refractivity contribution in [3.63, 3.8) is 0 Å². The lowest BCUT2D eigenvalue weighted by atomic mass is 9.96. The summed E-state index contributed by atoms with van der Waals surface area (Å²) in [6.45, 7) is 1.27. The molecule has 1 aromatic heterocycles. The molecule has 2 aliphatic rings. The molecule has 2 aromatic carbocycles. The standard InChI is InChI=1S/C25H27N3O3/c1-28-14-21(20-10-16(12-26)6-9-22(20)28)17-7-8-18(11-17)27-13-19-15-30-24-5-3-4-23(29-2)25(24)31-19/h3-6,9-10,14,17-19,27H,7-8,11,13,15H2,1-2H3/t17-,18+,19-/m0/s1. The number of benzene rings is 2. The Balaban J connectivity index is 1.23. The molecule has 0 amide bonds. The van der Waals surface area contributed by atoms with Crippen LogP contribution in [0.15, 0.2) is 42.6 Å². The number of para-hydroxylation sites is 1. The third-order valence-corrected chi connectivity index (χ3v) is 6.53. The molecule has 1 saturated carbocycles. The number of nitrogens with one attached hydrogen (secondary N) is 1. The van der Waals surface area contributed by atoms with Crippen molar-refractivity contribution in [3.8, 4) is 23.3 Å². The maximum absolute atomic E-state index is 9.29. The highest BCUT2D eigenvalue weighted by atomic mass is 16.6. The number of nitrogens with zero attached hydrogens (tertiary/aromatic N) is 2. The second-order valence-corrected chi connectivity index (χ2v) is 8.49. The molecule has 0 saturated heterocycles. The van der Waals surface area contributed by atoms with E-state index in [1.54, 1.807) is 7.11 Å². The van der Waals surface area contributed by atoms with Crippen LogP contribution in [0, 0.1) is 11.3 Å². The Labute approximate surface area is 182 Å². The molecule has 1 aliphatic carbocycles. The van der Waals surface area contributed by atoms with Crippen LogP contribution >= 0.6 is 0 Å². The normalized spacial score (nSPS) is 22.4. The van der Waals surface area contributed by atoms with Crippen molar-refractivity contribution in [2.75, 3.05) is 20.3 Å². The molecule has 160 valence electrons. The van der Waals surface area contributed by atoms with Crippen molar-refractivity contribution in [1.29, 1.82) is 5.26 Å². The molecule has 0 radical (unpaired) electrons. The average Bonchev–Trinajstić information content (AvgIpc) is 3.41. The van der Waals surface area contributed by atoms with Crippen molar-refractivity contribution < 1.29 is 14.2 Å². The molecule has 1 fully saturated rings. The number of ether oxygens (including phenoxy) is 3. The van der Waals surface area contributed by atoms with Crippen molar-refractivity contribution in [2.24, 2.45) is 7.05 Å². The molecule has 1 aliphatic heterocycles. The first-order chi connectivity index (χ1) is 15.2. The summed E-state index contributed by atoms with van der Waals surface area (Å²) in [5.41, 5.74) is 3.26. The van der Waals surface area contributed by atoms with Crippen LogP contribution in [0.4, 0.5) is 0 Å². The highest BCUT2D eigenvalue weighted by molar-refractivity contribution is 5.86. The van der Waals surface area contributed by atoms with Gasteiger partial charge in [-0.15, -0.1) is 0 Å². The van der Waals surface area contributed by atoms with Crippen LogP contribution in [-0.4, -0.2) is 37.0 Å². The van der Waals surface area contributed by atoms with Crippen LogP contribution in [0.5, 0.6) is 17.2 Å². The van der Waals surface area contributed by atoms with Crippen LogP contribution in [-0.2, 0) is 7.05 Å². The Morgan fingerprint density at radius 2 is 2.16 bits per heavy atom. The molecule has 31 heavy (non-hydrogen) atoms. The molecule has 3 aromatic rings. The molecule has 6 heteroatoms. The highest BCUT2D eigenvalue weighted by Crippen LogP contribution is 2.41. The minimum absolute atomic E-state index is 0.0430. The van der Waals surface area contributed by atoms with Gasteiger partial charge in [0.05, 0.1) is 18.7 Å². The summed E-state index contributed by atoms with van der Waals surface area (Å²) in [5.74, 6) is 2.64. The lowest BCUT2D eigenvalue weighted by Crippen LogP contribution is -2.41. The Hall–Kier alpha value is -3.17. The summed E-state index contributed by atoms with van der Waals surface area (Å²) in [7, 11) is 3.72. The van der Waals surface area contributed by atoms with Gasteiger partial charge in [-0.25, -0.2) is 0 Å². The van der Waals surface area contributed by atoms with Crippen LogP contribution < -0.4 is 19.5 Å². The van der Waals surface area contributed by atoms with Crippen molar-refractivity contribution in [1.82, 2.24) is 9.88 Å². The summed E-state index contributed by atoms with van der Waals surface area (Å²) in [5, 5.41) is 14.2. The van der Waals surface area contributed by atoms with Gasteiger partial charge in [0.2, 0.25) is 5.75 Å². The van der Waals surface area contributed by atoms with E-state index in [2.05, 4.69) is 35.3 Å². The average molecular weight is 418 g/mol. The van der Waals surface area contributed by atoms with Gasteiger partial charge in [0, 0.05) is 36.7 Å². The van der Waals surface area contributed by atoms with Gasteiger partial charge in [0.1, 0.15) is 12.7 Å². The number of nitriles is 1. The van der Waals surface area contributed by atoms with Crippen LogP contribution in [0.1, 0.15) is 36.3 Å². The van der Waals surface area contributed by atoms with Gasteiger partial charge < -0.3 is 24.1 Å². The summed E-state index contributed by atoms with van der Waals surface area (Å²) in [6, 6.07) is 14.4. The number of fused-ring (bicyclic) bond motifs is 2. The molecule has 2 heterocycles. The third kappa shape index (κ3) is 3.70. The highest BCUT2D eigenvalue weighted by Gasteiger charge is 2.30. The summed E-state index contributed by atoms with van der Waals surface area (Å²) >= 11 is 0. The fourth-order valence-electron chi connectivity index (χ4n) is 4.94. The zero-order valence-electron chi connectivity index (χ0n) is 17.9. The van der Waals surface area contributed by atoms with Crippen molar-refractivity contribution in [3.05, 3.63) is 53.7 Å². The number of hydrogen-bond acceptors (Lipinski definition) is 5. The Morgan fingerprint density at radius 3 is 3.00 bits per heavy atom. The molecule has 0 spiro atoms. The van der Waals surface area contributed by atoms with E-state index in [-0.39, 0.29) is 6.10 Å². The first-order valence-electron chi connectivity index (χ1n) is 10.8. The molecule has 5 rings (SSSR count). The number of aryl methyl sites for hydroxylation is 1. The van der Waals surface area contributed by atoms with Gasteiger partial charge in [-0.3, -0.25) is 0 Å². The maximum Gasteiger partial charge on any atom is 0.204 e. The van der Waals surface area contributed by atoms with Crippen LogP contribution in [0.25, 0.3) is 10.9 Å². The maximum atomic E-state index is 9.29. The number of rotatable bonds is 5. The van der Waals surface area contributed by atoms with Gasteiger partial charge in [0.25, 0.3) is 0 Å². The minimum atomic E-state index is -0.0430. The van der Waals surface area contributed by atoms with E-state index in [0.29, 0.717) is 30.1 Å². The SMILES string of the molecule is COc1cccc2c1O[C@@H](CN[C@@H]1CC[C@H](c3cn(C)c4ccc(C#N)cc34)C1)CO2. The van der Waals surface area contributed by atoms with Gasteiger partial charge in [-0.1, -0.05) is 6.07 Å². The summed E-state index contributed by atoms with van der Waals surface area (Å²) in [6.07, 6.45) is 5.56. The van der Waals surface area contributed by atoms with Gasteiger partial charge in [-0.05, 0) is 61.1 Å². The second-order valence-electron chi connectivity index (χ2n) is 8.49. The number of methoxy groups -OCH3 is 1. The molecule has 3 atom stereocenters. The fraction of sp³-hybridized carbons (Fsp3) is 0.400. The van der Waals surface area contributed by atoms with E-state index >= 15 is 0 Å². The van der Waals surface area contributed by atoms with Gasteiger partial charge >= 0.3 is 0 Å². The monoisotopic (exact) mass is 417 g/mol. The lowest BCUT2D eigenvalue weighted by Gasteiger charge is -2.28. The first-order valence-corrected chi connectivity index (χ1v) is 10.8. The van der Waals surface area contributed by atoms with Crippen LogP contribution in [0.3, 0.4) is 0 Å². The molecular formula is C25H27N3O3. The number of hydrogen-bond donors (Lipinski definition) is 1. The smallest absolute Gasteiger partial charge is 0.204 e. The van der Waals surface area contributed by atoms with Gasteiger partial charge in [-0.2, -0.15) is 5.26 Å². The molecule has 6 nitrogen and oxygen atoms in total. The Morgan fingerprint density at radius 1 is 1.26 bits per heavy atom. The van der Waals surface area contributed by atoms with Gasteiger partial charge in [0.15, 0.2) is 11.5 Å². The first kappa shape index (κ1) is 19.8. The van der Waals surface area contributed by atoms with Crippen molar-refractivity contribution >= 4 is 10.9 Å². The van der Waals surface area contributed by atoms with E-state index in [9.17, 15) is 5.26 Å². The second kappa shape index (κ2) is 8.16. The summed E-state index contributed by atoms with van der Waals surface area (Å²) in [4.78, 5) is 0. The van der Waals surface area contributed by atoms with E-state index in [4.69, 9.17) is 14.2 Å².